The quantitative estimate of drug-likeness (QED) is 0.549. The van der Waals surface area contributed by atoms with Crippen molar-refractivity contribution in [2.24, 2.45) is 0 Å². The smallest absolute Gasteiger partial charge is 0.251 e. The summed E-state index contributed by atoms with van der Waals surface area (Å²) in [6.45, 7) is 0.612. The summed E-state index contributed by atoms with van der Waals surface area (Å²) >= 11 is 0. The Kier molecular flexibility index (Phi) is 6.84. The molecule has 3 aromatic carbocycles. The highest BCUT2D eigenvalue weighted by Crippen LogP contribution is 2.17. The zero-order valence-corrected chi connectivity index (χ0v) is 16.1. The normalized spacial score (nSPS) is 10.1. The molecule has 0 spiro atoms. The third-order valence-electron chi connectivity index (χ3n) is 4.21. The van der Waals surface area contributed by atoms with Gasteiger partial charge >= 0.3 is 0 Å². The first-order valence-corrected chi connectivity index (χ1v) is 9.27. The van der Waals surface area contributed by atoms with Crippen molar-refractivity contribution in [3.05, 3.63) is 90.0 Å². The van der Waals surface area contributed by atoms with Crippen LogP contribution in [-0.4, -0.2) is 25.4 Å². The van der Waals surface area contributed by atoms with Crippen LogP contribution in [0.1, 0.15) is 15.9 Å². The van der Waals surface area contributed by atoms with E-state index in [1.807, 2.05) is 42.5 Å². The van der Waals surface area contributed by atoms with Crippen LogP contribution in [0, 0.1) is 0 Å². The highest BCUT2D eigenvalue weighted by atomic mass is 16.5. The van der Waals surface area contributed by atoms with E-state index in [0.717, 1.165) is 17.0 Å². The van der Waals surface area contributed by atoms with Gasteiger partial charge in [0, 0.05) is 24.0 Å². The number of carbonyl (C=O) groups is 2. The van der Waals surface area contributed by atoms with Crippen LogP contribution in [0.4, 0.5) is 11.4 Å². The van der Waals surface area contributed by atoms with Gasteiger partial charge in [0.25, 0.3) is 5.91 Å². The van der Waals surface area contributed by atoms with Gasteiger partial charge in [0.2, 0.25) is 5.91 Å². The van der Waals surface area contributed by atoms with Gasteiger partial charge in [0.1, 0.15) is 12.4 Å². The van der Waals surface area contributed by atoms with Gasteiger partial charge < -0.3 is 20.7 Å². The Morgan fingerprint density at radius 1 is 0.828 bits per heavy atom. The average molecular weight is 389 g/mol. The molecular weight excluding hydrogens is 366 g/mol. The molecule has 2 amide bonds. The molecule has 3 N–H and O–H groups in total. The highest BCUT2D eigenvalue weighted by molar-refractivity contribution is 5.95. The molecule has 3 rings (SSSR count). The van der Waals surface area contributed by atoms with Crippen molar-refractivity contribution in [2.75, 3.05) is 24.2 Å². The molecule has 3 aromatic rings. The summed E-state index contributed by atoms with van der Waals surface area (Å²) < 4.78 is 5.74. The number of ether oxygens (including phenoxy) is 1. The van der Waals surface area contributed by atoms with Gasteiger partial charge in [-0.2, -0.15) is 0 Å². The molecule has 0 aliphatic rings. The van der Waals surface area contributed by atoms with Crippen molar-refractivity contribution in [2.45, 2.75) is 6.61 Å². The van der Waals surface area contributed by atoms with E-state index in [1.54, 1.807) is 43.4 Å². The van der Waals surface area contributed by atoms with E-state index in [-0.39, 0.29) is 18.4 Å². The second kappa shape index (κ2) is 9.94. The fraction of sp³-hybridized carbons (Fsp3) is 0.130. The zero-order valence-electron chi connectivity index (χ0n) is 16.1. The van der Waals surface area contributed by atoms with Crippen molar-refractivity contribution >= 4 is 23.2 Å². The van der Waals surface area contributed by atoms with Crippen molar-refractivity contribution in [1.82, 2.24) is 5.32 Å². The first-order valence-electron chi connectivity index (χ1n) is 9.27. The number of carbonyl (C=O) groups excluding carboxylic acids is 2. The SMILES string of the molecule is CNC(=O)c1ccc(NCC(=O)Nc2ccc(OCc3ccccc3)cc2)cc1. The predicted octanol–water partition coefficient (Wildman–Crippen LogP) is 3.68. The van der Waals surface area contributed by atoms with E-state index in [1.165, 1.54) is 0 Å². The van der Waals surface area contributed by atoms with Gasteiger partial charge in [0.05, 0.1) is 6.54 Å². The number of rotatable bonds is 8. The van der Waals surface area contributed by atoms with Gasteiger partial charge in [-0.3, -0.25) is 9.59 Å². The average Bonchev–Trinajstić information content (AvgIpc) is 2.78. The summed E-state index contributed by atoms with van der Waals surface area (Å²) in [4.78, 5) is 23.7. The number of benzene rings is 3. The lowest BCUT2D eigenvalue weighted by atomic mass is 10.2. The molecule has 0 heterocycles. The first kappa shape index (κ1) is 19.9. The Morgan fingerprint density at radius 2 is 1.48 bits per heavy atom. The lowest BCUT2D eigenvalue weighted by Gasteiger charge is -2.10. The number of hydrogen-bond acceptors (Lipinski definition) is 4. The Morgan fingerprint density at radius 3 is 2.14 bits per heavy atom. The van der Waals surface area contributed by atoms with Crippen LogP contribution < -0.4 is 20.7 Å². The molecule has 0 aliphatic carbocycles. The van der Waals surface area contributed by atoms with Crippen LogP contribution >= 0.6 is 0 Å². The molecule has 6 nitrogen and oxygen atoms in total. The minimum Gasteiger partial charge on any atom is -0.489 e. The molecular formula is C23H23N3O3. The molecule has 0 saturated carbocycles. The molecule has 0 saturated heterocycles. The fourth-order valence-corrected chi connectivity index (χ4v) is 2.65. The van der Waals surface area contributed by atoms with Crippen molar-refractivity contribution < 1.29 is 14.3 Å². The minimum atomic E-state index is -0.168. The Balaban J connectivity index is 1.45. The zero-order chi connectivity index (χ0) is 20.5. The maximum Gasteiger partial charge on any atom is 0.251 e. The third kappa shape index (κ3) is 6.10. The van der Waals surface area contributed by atoms with Crippen LogP contribution in [-0.2, 0) is 11.4 Å². The third-order valence-corrected chi connectivity index (χ3v) is 4.21. The lowest BCUT2D eigenvalue weighted by molar-refractivity contribution is -0.114. The molecule has 0 aromatic heterocycles. The van der Waals surface area contributed by atoms with Gasteiger partial charge in [0.15, 0.2) is 0 Å². The van der Waals surface area contributed by atoms with Gasteiger partial charge in [-0.05, 0) is 54.1 Å². The van der Waals surface area contributed by atoms with E-state index >= 15 is 0 Å². The number of nitrogens with one attached hydrogen (secondary N) is 3. The number of hydrogen-bond donors (Lipinski definition) is 3. The Bertz CT molecular complexity index is 939. The molecule has 29 heavy (non-hydrogen) atoms. The topological polar surface area (TPSA) is 79.5 Å². The van der Waals surface area contributed by atoms with E-state index < -0.39 is 0 Å². The van der Waals surface area contributed by atoms with Crippen LogP contribution in [0.3, 0.4) is 0 Å². The van der Waals surface area contributed by atoms with E-state index in [9.17, 15) is 9.59 Å². The molecule has 148 valence electrons. The monoisotopic (exact) mass is 389 g/mol. The predicted molar refractivity (Wildman–Crippen MR) is 114 cm³/mol. The second-order valence-corrected chi connectivity index (χ2v) is 6.36. The van der Waals surface area contributed by atoms with Crippen LogP contribution in [0.15, 0.2) is 78.9 Å². The lowest BCUT2D eigenvalue weighted by Crippen LogP contribution is -2.22. The van der Waals surface area contributed by atoms with Crippen LogP contribution in [0.2, 0.25) is 0 Å². The summed E-state index contributed by atoms with van der Waals surface area (Å²) in [5.41, 5.74) is 3.12. The number of anilines is 2. The summed E-state index contributed by atoms with van der Waals surface area (Å²) in [5, 5.41) is 8.43. The standard InChI is InChI=1S/C23H23N3O3/c1-24-23(28)18-7-9-19(10-8-18)25-15-22(27)26-20-11-13-21(14-12-20)29-16-17-5-3-2-4-6-17/h2-14,25H,15-16H2,1H3,(H,24,28)(H,26,27). The Labute approximate surface area is 169 Å². The minimum absolute atomic E-state index is 0.117. The summed E-state index contributed by atoms with van der Waals surface area (Å²) in [7, 11) is 1.58. The largest absolute Gasteiger partial charge is 0.489 e. The highest BCUT2D eigenvalue weighted by Gasteiger charge is 2.05. The second-order valence-electron chi connectivity index (χ2n) is 6.36. The molecule has 0 fully saturated rings. The summed E-state index contributed by atoms with van der Waals surface area (Å²) in [5.74, 6) is 0.421. The van der Waals surface area contributed by atoms with Crippen LogP contribution in [0.5, 0.6) is 5.75 Å². The molecule has 0 bridgehead atoms. The van der Waals surface area contributed by atoms with E-state index in [4.69, 9.17) is 4.74 Å². The molecule has 0 unspecified atom stereocenters. The van der Waals surface area contributed by atoms with Crippen LogP contribution in [0.25, 0.3) is 0 Å². The maximum absolute atomic E-state index is 12.1. The van der Waals surface area contributed by atoms with Crippen molar-refractivity contribution in [3.8, 4) is 5.75 Å². The number of amides is 2. The summed E-state index contributed by atoms with van der Waals surface area (Å²) in [6.07, 6.45) is 0. The molecule has 6 heteroatoms. The van der Waals surface area contributed by atoms with E-state index in [0.29, 0.717) is 17.9 Å². The fourth-order valence-electron chi connectivity index (χ4n) is 2.65. The molecule has 0 radical (unpaired) electrons. The van der Waals surface area contributed by atoms with Gasteiger partial charge in [-0.25, -0.2) is 0 Å². The van der Waals surface area contributed by atoms with Crippen molar-refractivity contribution in [3.63, 3.8) is 0 Å². The van der Waals surface area contributed by atoms with E-state index in [2.05, 4.69) is 16.0 Å². The molecule has 0 atom stereocenters. The van der Waals surface area contributed by atoms with Gasteiger partial charge in [-0.1, -0.05) is 30.3 Å². The molecule has 0 aliphatic heterocycles. The Hall–Kier alpha value is -3.80. The van der Waals surface area contributed by atoms with Gasteiger partial charge in [-0.15, -0.1) is 0 Å². The first-order chi connectivity index (χ1) is 14.1. The maximum atomic E-state index is 12.1. The summed E-state index contributed by atoms with van der Waals surface area (Å²) in [6, 6.07) is 24.1. The van der Waals surface area contributed by atoms with Crippen molar-refractivity contribution in [1.29, 1.82) is 0 Å².